The van der Waals surface area contributed by atoms with Gasteiger partial charge in [0.05, 0.1) is 0 Å². The summed E-state index contributed by atoms with van der Waals surface area (Å²) in [6.07, 6.45) is 2.71. The maximum atomic E-state index is 2.44. The summed E-state index contributed by atoms with van der Waals surface area (Å²) in [5.41, 5.74) is 1.02. The number of hydrogen-bond donors (Lipinski definition) is 0. The molecule has 1 heterocycles. The first-order valence-corrected chi connectivity index (χ1v) is 5.04. The summed E-state index contributed by atoms with van der Waals surface area (Å²) in [6.45, 7) is 12.1. The number of likely N-dealkylation sites (tertiary alicyclic amines) is 1. The Kier molecular flexibility index (Phi) is 2.53. The molecule has 1 aliphatic heterocycles. The van der Waals surface area contributed by atoms with E-state index in [2.05, 4.69) is 39.6 Å². The van der Waals surface area contributed by atoms with Crippen LogP contribution >= 0.6 is 0 Å². The zero-order chi connectivity index (χ0) is 9.41. The highest BCUT2D eigenvalue weighted by atomic mass is 15.1. The minimum Gasteiger partial charge on any atom is -0.306 e. The van der Waals surface area contributed by atoms with Crippen molar-refractivity contribution in [2.45, 2.75) is 40.5 Å². The first-order valence-electron chi connectivity index (χ1n) is 5.04. The largest absolute Gasteiger partial charge is 0.306 e. The molecule has 1 saturated heterocycles. The second kappa shape index (κ2) is 3.02. The van der Waals surface area contributed by atoms with E-state index < -0.39 is 0 Å². The van der Waals surface area contributed by atoms with Crippen molar-refractivity contribution in [1.29, 1.82) is 0 Å². The first kappa shape index (κ1) is 10.0. The van der Waals surface area contributed by atoms with E-state index in [9.17, 15) is 0 Å². The Labute approximate surface area is 77.1 Å². The van der Waals surface area contributed by atoms with E-state index in [0.29, 0.717) is 10.8 Å². The van der Waals surface area contributed by atoms with E-state index in [-0.39, 0.29) is 0 Å². The van der Waals surface area contributed by atoms with Crippen LogP contribution in [0.5, 0.6) is 0 Å². The highest BCUT2D eigenvalue weighted by molar-refractivity contribution is 4.90. The molecule has 72 valence electrons. The quantitative estimate of drug-likeness (QED) is 0.539. The minimum atomic E-state index is 0.467. The maximum absolute atomic E-state index is 2.44. The molecule has 1 rings (SSSR count). The molecule has 1 aliphatic rings. The fourth-order valence-corrected chi connectivity index (χ4v) is 1.86. The smallest absolute Gasteiger partial charge is 0.00164 e. The molecule has 0 aromatic rings. The van der Waals surface area contributed by atoms with Crippen LogP contribution in [-0.2, 0) is 0 Å². The average molecular weight is 169 g/mol. The summed E-state index contributed by atoms with van der Waals surface area (Å²) in [7, 11) is 2.22. The molecule has 0 saturated carbocycles. The molecular formula is C11H23N. The van der Waals surface area contributed by atoms with Crippen LogP contribution in [0.25, 0.3) is 0 Å². The number of nitrogens with zero attached hydrogens (tertiary/aromatic N) is 1. The summed E-state index contributed by atoms with van der Waals surface area (Å²) >= 11 is 0. The van der Waals surface area contributed by atoms with E-state index in [1.54, 1.807) is 0 Å². The zero-order valence-corrected chi connectivity index (χ0v) is 9.28. The Morgan fingerprint density at radius 1 is 1.08 bits per heavy atom. The van der Waals surface area contributed by atoms with Crippen LogP contribution in [-0.4, -0.2) is 25.0 Å². The number of rotatable bonds is 0. The van der Waals surface area contributed by atoms with Crippen LogP contribution < -0.4 is 0 Å². The van der Waals surface area contributed by atoms with Gasteiger partial charge in [-0.25, -0.2) is 0 Å². The van der Waals surface area contributed by atoms with Gasteiger partial charge in [0.15, 0.2) is 0 Å². The van der Waals surface area contributed by atoms with Crippen molar-refractivity contribution in [3.63, 3.8) is 0 Å². The Morgan fingerprint density at radius 3 is 1.83 bits per heavy atom. The Morgan fingerprint density at radius 2 is 1.50 bits per heavy atom. The fourth-order valence-electron chi connectivity index (χ4n) is 1.86. The van der Waals surface area contributed by atoms with Crippen LogP contribution in [0.3, 0.4) is 0 Å². The van der Waals surface area contributed by atoms with Crippen LogP contribution in [0.1, 0.15) is 40.5 Å². The fraction of sp³-hybridized carbons (Fsp3) is 1.00. The third kappa shape index (κ3) is 1.82. The van der Waals surface area contributed by atoms with Crippen molar-refractivity contribution in [3.05, 3.63) is 0 Å². The van der Waals surface area contributed by atoms with Crippen LogP contribution in [0.2, 0.25) is 0 Å². The molecule has 0 atom stereocenters. The predicted octanol–water partition coefficient (Wildman–Crippen LogP) is 2.76. The molecule has 0 bridgehead atoms. The summed E-state index contributed by atoms with van der Waals surface area (Å²) in [4.78, 5) is 2.44. The maximum Gasteiger partial charge on any atom is -0.00164 e. The van der Waals surface area contributed by atoms with Gasteiger partial charge in [0, 0.05) is 0 Å². The summed E-state index contributed by atoms with van der Waals surface area (Å²) in [5.74, 6) is 0. The van der Waals surface area contributed by atoms with Crippen LogP contribution in [0, 0.1) is 10.8 Å². The monoisotopic (exact) mass is 169 g/mol. The van der Waals surface area contributed by atoms with Gasteiger partial charge in [-0.3, -0.25) is 0 Å². The highest BCUT2D eigenvalue weighted by Crippen LogP contribution is 2.45. The lowest BCUT2D eigenvalue weighted by Gasteiger charge is -2.47. The van der Waals surface area contributed by atoms with Gasteiger partial charge in [0.2, 0.25) is 0 Å². The standard InChI is InChI=1S/C11H23N/c1-10(2,3)11(4)6-8-12(5)9-7-11/h6-9H2,1-5H3. The summed E-state index contributed by atoms with van der Waals surface area (Å²) in [5, 5.41) is 0. The molecule has 12 heavy (non-hydrogen) atoms. The van der Waals surface area contributed by atoms with Gasteiger partial charge in [-0.2, -0.15) is 0 Å². The molecule has 0 aliphatic carbocycles. The van der Waals surface area contributed by atoms with Gasteiger partial charge in [-0.05, 0) is 43.8 Å². The average Bonchev–Trinajstić information content (AvgIpc) is 1.93. The number of piperidine rings is 1. The van der Waals surface area contributed by atoms with E-state index in [0.717, 1.165) is 0 Å². The lowest BCUT2D eigenvalue weighted by molar-refractivity contribution is 0.0310. The van der Waals surface area contributed by atoms with E-state index in [1.807, 2.05) is 0 Å². The molecule has 0 unspecified atom stereocenters. The van der Waals surface area contributed by atoms with Gasteiger partial charge < -0.3 is 4.90 Å². The Bertz CT molecular complexity index is 147. The molecule has 0 amide bonds. The first-order chi connectivity index (χ1) is 5.35. The SMILES string of the molecule is CN1CCC(C)(C(C)(C)C)CC1. The normalized spacial score (nSPS) is 25.8. The number of hydrogen-bond acceptors (Lipinski definition) is 1. The van der Waals surface area contributed by atoms with Crippen LogP contribution in [0.4, 0.5) is 0 Å². The second-order valence-electron chi connectivity index (χ2n) is 5.61. The van der Waals surface area contributed by atoms with Gasteiger partial charge in [-0.1, -0.05) is 27.7 Å². The lowest BCUT2D eigenvalue weighted by atomic mass is 9.63. The molecule has 1 nitrogen and oxygen atoms in total. The van der Waals surface area contributed by atoms with Gasteiger partial charge in [0.1, 0.15) is 0 Å². The van der Waals surface area contributed by atoms with Crippen molar-refractivity contribution in [1.82, 2.24) is 4.90 Å². The van der Waals surface area contributed by atoms with Crippen molar-refractivity contribution in [2.75, 3.05) is 20.1 Å². The topological polar surface area (TPSA) is 3.24 Å². The third-order valence-corrected chi connectivity index (χ3v) is 3.90. The summed E-state index contributed by atoms with van der Waals surface area (Å²) in [6, 6.07) is 0. The van der Waals surface area contributed by atoms with Crippen molar-refractivity contribution >= 4 is 0 Å². The molecule has 0 aromatic heterocycles. The van der Waals surface area contributed by atoms with E-state index in [1.165, 1.54) is 25.9 Å². The Hall–Kier alpha value is -0.0400. The Balaban J connectivity index is 2.62. The highest BCUT2D eigenvalue weighted by Gasteiger charge is 2.38. The molecule has 0 aromatic carbocycles. The third-order valence-electron chi connectivity index (χ3n) is 3.90. The molecule has 0 N–H and O–H groups in total. The van der Waals surface area contributed by atoms with E-state index in [4.69, 9.17) is 0 Å². The van der Waals surface area contributed by atoms with E-state index >= 15 is 0 Å². The van der Waals surface area contributed by atoms with Crippen molar-refractivity contribution < 1.29 is 0 Å². The summed E-state index contributed by atoms with van der Waals surface area (Å²) < 4.78 is 0. The van der Waals surface area contributed by atoms with Gasteiger partial charge >= 0.3 is 0 Å². The molecule has 0 radical (unpaired) electrons. The molecule has 1 fully saturated rings. The zero-order valence-electron chi connectivity index (χ0n) is 9.28. The minimum absolute atomic E-state index is 0.467. The molecule has 1 heteroatoms. The predicted molar refractivity (Wildman–Crippen MR) is 54.3 cm³/mol. The van der Waals surface area contributed by atoms with Crippen LogP contribution in [0.15, 0.2) is 0 Å². The van der Waals surface area contributed by atoms with Crippen molar-refractivity contribution in [3.8, 4) is 0 Å². The van der Waals surface area contributed by atoms with Gasteiger partial charge in [0.25, 0.3) is 0 Å². The second-order valence-corrected chi connectivity index (χ2v) is 5.61. The van der Waals surface area contributed by atoms with Crippen molar-refractivity contribution in [2.24, 2.45) is 10.8 Å². The molecular weight excluding hydrogens is 146 g/mol. The molecule has 0 spiro atoms. The van der Waals surface area contributed by atoms with Gasteiger partial charge in [-0.15, -0.1) is 0 Å². The lowest BCUT2D eigenvalue weighted by Crippen LogP contribution is -2.43.